The van der Waals surface area contributed by atoms with Crippen molar-refractivity contribution in [2.45, 2.75) is 39.2 Å². The minimum atomic E-state index is 0.665. The molecule has 3 nitrogen and oxygen atoms in total. The predicted molar refractivity (Wildman–Crippen MR) is 57.1 cm³/mol. The van der Waals surface area contributed by atoms with Crippen molar-refractivity contribution in [3.05, 3.63) is 17.5 Å². The summed E-state index contributed by atoms with van der Waals surface area (Å²) < 4.78 is 2.13. The van der Waals surface area contributed by atoms with Gasteiger partial charge in [-0.15, -0.1) is 0 Å². The van der Waals surface area contributed by atoms with E-state index in [2.05, 4.69) is 16.7 Å². The normalized spacial score (nSPS) is 21.7. The lowest BCUT2D eigenvalue weighted by Gasteiger charge is -2.12. The number of aromatic nitrogens is 2. The van der Waals surface area contributed by atoms with Crippen LogP contribution < -0.4 is 5.73 Å². The monoisotopic (exact) mass is 193 g/mol. The molecule has 1 aromatic rings. The molecule has 0 aliphatic heterocycles. The Morgan fingerprint density at radius 1 is 1.64 bits per heavy atom. The Morgan fingerprint density at radius 2 is 2.50 bits per heavy atom. The molecule has 1 atom stereocenters. The van der Waals surface area contributed by atoms with Crippen LogP contribution in [0, 0.1) is 5.92 Å². The topological polar surface area (TPSA) is 43.8 Å². The number of hydrogen-bond acceptors (Lipinski definition) is 2. The van der Waals surface area contributed by atoms with Crippen molar-refractivity contribution in [1.29, 1.82) is 0 Å². The summed E-state index contributed by atoms with van der Waals surface area (Å²) in [5, 5.41) is 4.40. The van der Waals surface area contributed by atoms with Crippen LogP contribution in [0.2, 0.25) is 0 Å². The maximum atomic E-state index is 5.76. The zero-order valence-electron chi connectivity index (χ0n) is 8.87. The maximum absolute atomic E-state index is 5.76. The van der Waals surface area contributed by atoms with Crippen LogP contribution in [-0.4, -0.2) is 16.3 Å². The number of rotatable bonds is 2. The van der Waals surface area contributed by atoms with Gasteiger partial charge in [-0.1, -0.05) is 0 Å². The average Bonchev–Trinajstić information content (AvgIpc) is 2.47. The van der Waals surface area contributed by atoms with Crippen molar-refractivity contribution in [3.63, 3.8) is 0 Å². The molecular formula is C11H19N3. The van der Waals surface area contributed by atoms with Crippen molar-refractivity contribution in [3.8, 4) is 0 Å². The average molecular weight is 193 g/mol. The standard InChI is InChI=1S/C11H19N3/c1-2-14-11-6-9(7-12)4-3-5-10(11)8-13-14/h8-9H,2-7,12H2,1H3/t9-/m0/s1. The van der Waals surface area contributed by atoms with Crippen LogP contribution in [0.4, 0.5) is 0 Å². The van der Waals surface area contributed by atoms with Crippen molar-refractivity contribution >= 4 is 0 Å². The van der Waals surface area contributed by atoms with Gasteiger partial charge in [-0.25, -0.2) is 0 Å². The third-order valence-electron chi connectivity index (χ3n) is 3.21. The van der Waals surface area contributed by atoms with E-state index in [0.29, 0.717) is 5.92 Å². The minimum Gasteiger partial charge on any atom is -0.330 e. The Balaban J connectivity index is 2.26. The molecule has 0 saturated heterocycles. The molecule has 0 unspecified atom stereocenters. The SMILES string of the molecule is CCn1ncc2c1C[C@@H](CN)CCC2. The number of hydrogen-bond donors (Lipinski definition) is 1. The van der Waals surface area contributed by atoms with E-state index in [1.165, 1.54) is 30.5 Å². The number of aryl methyl sites for hydroxylation is 2. The molecule has 0 fully saturated rings. The summed E-state index contributed by atoms with van der Waals surface area (Å²) in [6, 6.07) is 0. The molecule has 1 heterocycles. The molecule has 2 rings (SSSR count). The van der Waals surface area contributed by atoms with Crippen molar-refractivity contribution < 1.29 is 0 Å². The van der Waals surface area contributed by atoms with Crippen LogP contribution in [0.25, 0.3) is 0 Å². The van der Waals surface area contributed by atoms with E-state index in [-0.39, 0.29) is 0 Å². The van der Waals surface area contributed by atoms with Gasteiger partial charge in [0.1, 0.15) is 0 Å². The molecule has 14 heavy (non-hydrogen) atoms. The molecule has 78 valence electrons. The summed E-state index contributed by atoms with van der Waals surface area (Å²) in [7, 11) is 0. The second-order valence-electron chi connectivity index (χ2n) is 4.13. The summed E-state index contributed by atoms with van der Waals surface area (Å²) >= 11 is 0. The molecule has 0 saturated carbocycles. The van der Waals surface area contributed by atoms with Crippen molar-refractivity contribution in [2.24, 2.45) is 11.7 Å². The highest BCUT2D eigenvalue weighted by molar-refractivity contribution is 5.20. The van der Waals surface area contributed by atoms with Gasteiger partial charge in [-0.3, -0.25) is 4.68 Å². The summed E-state index contributed by atoms with van der Waals surface area (Å²) in [5.41, 5.74) is 8.64. The van der Waals surface area contributed by atoms with E-state index in [1.54, 1.807) is 0 Å². The van der Waals surface area contributed by atoms with E-state index < -0.39 is 0 Å². The highest BCUT2D eigenvalue weighted by atomic mass is 15.3. The predicted octanol–water partition coefficient (Wildman–Crippen LogP) is 1.36. The molecule has 1 aromatic heterocycles. The number of nitrogens with zero attached hydrogens (tertiary/aromatic N) is 2. The Labute approximate surface area is 85.3 Å². The Hall–Kier alpha value is -0.830. The molecule has 3 heteroatoms. The van der Waals surface area contributed by atoms with Gasteiger partial charge in [0.25, 0.3) is 0 Å². The zero-order valence-corrected chi connectivity index (χ0v) is 8.87. The Kier molecular flexibility index (Phi) is 2.87. The molecule has 1 aliphatic carbocycles. The smallest absolute Gasteiger partial charge is 0.0524 e. The van der Waals surface area contributed by atoms with E-state index in [9.17, 15) is 0 Å². The summed E-state index contributed by atoms with van der Waals surface area (Å²) in [6.45, 7) is 3.94. The third-order valence-corrected chi connectivity index (χ3v) is 3.21. The Morgan fingerprint density at radius 3 is 3.21 bits per heavy atom. The zero-order chi connectivity index (χ0) is 9.97. The second-order valence-corrected chi connectivity index (χ2v) is 4.13. The first kappa shape index (κ1) is 9.71. The molecule has 0 amide bonds. The maximum Gasteiger partial charge on any atom is 0.0524 e. The highest BCUT2D eigenvalue weighted by Crippen LogP contribution is 2.23. The van der Waals surface area contributed by atoms with Crippen LogP contribution in [0.15, 0.2) is 6.20 Å². The van der Waals surface area contributed by atoms with Gasteiger partial charge in [0, 0.05) is 12.2 Å². The van der Waals surface area contributed by atoms with Gasteiger partial charge in [-0.2, -0.15) is 5.10 Å². The Bertz CT molecular complexity index is 303. The molecule has 0 radical (unpaired) electrons. The molecule has 0 aromatic carbocycles. The van der Waals surface area contributed by atoms with Gasteiger partial charge in [-0.05, 0) is 50.6 Å². The first-order valence-corrected chi connectivity index (χ1v) is 5.58. The molecule has 0 bridgehead atoms. The first-order chi connectivity index (χ1) is 6.85. The van der Waals surface area contributed by atoms with Gasteiger partial charge in [0.15, 0.2) is 0 Å². The largest absolute Gasteiger partial charge is 0.330 e. The van der Waals surface area contributed by atoms with Crippen molar-refractivity contribution in [2.75, 3.05) is 6.54 Å². The van der Waals surface area contributed by atoms with Gasteiger partial charge < -0.3 is 5.73 Å². The lowest BCUT2D eigenvalue weighted by atomic mass is 10.0. The van der Waals surface area contributed by atoms with Crippen LogP contribution in [0.5, 0.6) is 0 Å². The first-order valence-electron chi connectivity index (χ1n) is 5.58. The van der Waals surface area contributed by atoms with Crippen LogP contribution in [-0.2, 0) is 19.4 Å². The fourth-order valence-electron chi connectivity index (χ4n) is 2.33. The van der Waals surface area contributed by atoms with E-state index in [0.717, 1.165) is 19.5 Å². The molecule has 2 N–H and O–H groups in total. The fraction of sp³-hybridized carbons (Fsp3) is 0.727. The minimum absolute atomic E-state index is 0.665. The second kappa shape index (κ2) is 4.13. The lowest BCUT2D eigenvalue weighted by Crippen LogP contribution is -2.17. The molecular weight excluding hydrogens is 174 g/mol. The van der Waals surface area contributed by atoms with Gasteiger partial charge in [0.05, 0.1) is 6.20 Å². The van der Waals surface area contributed by atoms with Gasteiger partial charge in [0.2, 0.25) is 0 Å². The molecule has 0 spiro atoms. The van der Waals surface area contributed by atoms with E-state index in [4.69, 9.17) is 5.73 Å². The summed E-state index contributed by atoms with van der Waals surface area (Å²) in [6.07, 6.45) is 6.89. The highest BCUT2D eigenvalue weighted by Gasteiger charge is 2.18. The van der Waals surface area contributed by atoms with Crippen molar-refractivity contribution in [1.82, 2.24) is 9.78 Å². The molecule has 1 aliphatic rings. The van der Waals surface area contributed by atoms with E-state index in [1.807, 2.05) is 6.20 Å². The van der Waals surface area contributed by atoms with Gasteiger partial charge >= 0.3 is 0 Å². The van der Waals surface area contributed by atoms with Crippen LogP contribution in [0.1, 0.15) is 31.0 Å². The third kappa shape index (κ3) is 1.69. The van der Waals surface area contributed by atoms with Crippen LogP contribution >= 0.6 is 0 Å². The number of nitrogens with two attached hydrogens (primary N) is 1. The summed E-state index contributed by atoms with van der Waals surface area (Å²) in [5.74, 6) is 0.665. The number of fused-ring (bicyclic) bond motifs is 1. The quantitative estimate of drug-likeness (QED) is 0.721. The fourth-order valence-corrected chi connectivity index (χ4v) is 2.33. The van der Waals surface area contributed by atoms with Crippen LogP contribution in [0.3, 0.4) is 0 Å². The van der Waals surface area contributed by atoms with E-state index >= 15 is 0 Å². The summed E-state index contributed by atoms with van der Waals surface area (Å²) in [4.78, 5) is 0. The lowest BCUT2D eigenvalue weighted by molar-refractivity contribution is 0.471.